The zero-order valence-corrected chi connectivity index (χ0v) is 9.98. The minimum atomic E-state index is -0.443. The molecule has 3 heteroatoms. The van der Waals surface area contributed by atoms with Crippen molar-refractivity contribution < 1.29 is 4.79 Å². The van der Waals surface area contributed by atoms with Crippen LogP contribution >= 0.6 is 0 Å². The fourth-order valence-corrected chi connectivity index (χ4v) is 1.93. The monoisotopic (exact) mass is 198 g/mol. The van der Waals surface area contributed by atoms with Crippen LogP contribution in [0.1, 0.15) is 40.5 Å². The molecule has 0 aromatic heterocycles. The van der Waals surface area contributed by atoms with E-state index in [-0.39, 0.29) is 11.4 Å². The molecular weight excluding hydrogens is 176 g/mol. The van der Waals surface area contributed by atoms with Crippen molar-refractivity contribution in [3.05, 3.63) is 0 Å². The van der Waals surface area contributed by atoms with Crippen LogP contribution in [-0.4, -0.2) is 35.5 Å². The van der Waals surface area contributed by atoms with E-state index in [0.717, 1.165) is 19.4 Å². The summed E-state index contributed by atoms with van der Waals surface area (Å²) in [6.07, 6.45) is 2.23. The van der Waals surface area contributed by atoms with Gasteiger partial charge in [-0.25, -0.2) is 0 Å². The predicted molar refractivity (Wildman–Crippen MR) is 58.2 cm³/mol. The zero-order chi connectivity index (χ0) is 11.0. The number of likely N-dealkylation sites (N-methyl/N-ethyl adjacent to an activating group) is 1. The number of nitrogens with zero attached hydrogens (tertiary/aromatic N) is 1. The molecule has 0 unspecified atom stereocenters. The van der Waals surface area contributed by atoms with Gasteiger partial charge < -0.3 is 10.2 Å². The summed E-state index contributed by atoms with van der Waals surface area (Å²) in [7, 11) is 1.83. The second-order valence-corrected chi connectivity index (χ2v) is 5.25. The second kappa shape index (κ2) is 3.54. The lowest BCUT2D eigenvalue weighted by molar-refractivity contribution is -0.140. The van der Waals surface area contributed by atoms with Crippen molar-refractivity contribution in [1.82, 2.24) is 10.2 Å². The first-order valence-corrected chi connectivity index (χ1v) is 5.32. The molecule has 0 aromatic rings. The standard InChI is InChI=1S/C11H22N2O/c1-10(2)7-6-8-13(10)9(14)11(3,4)12-5/h12H,6-8H2,1-5H3. The van der Waals surface area contributed by atoms with Crippen LogP contribution in [0.5, 0.6) is 0 Å². The fourth-order valence-electron chi connectivity index (χ4n) is 1.93. The molecule has 14 heavy (non-hydrogen) atoms. The number of rotatable bonds is 2. The molecule has 1 amide bonds. The fraction of sp³-hybridized carbons (Fsp3) is 0.909. The van der Waals surface area contributed by atoms with E-state index in [9.17, 15) is 4.79 Å². The maximum atomic E-state index is 12.2. The third-order valence-electron chi connectivity index (χ3n) is 3.31. The van der Waals surface area contributed by atoms with Crippen LogP contribution in [0.15, 0.2) is 0 Å². The molecule has 1 aliphatic rings. The summed E-state index contributed by atoms with van der Waals surface area (Å²) in [5, 5.41) is 3.06. The Hall–Kier alpha value is -0.570. The van der Waals surface area contributed by atoms with Crippen LogP contribution < -0.4 is 5.32 Å². The molecule has 3 nitrogen and oxygen atoms in total. The van der Waals surface area contributed by atoms with Gasteiger partial charge in [0.15, 0.2) is 0 Å². The third-order valence-corrected chi connectivity index (χ3v) is 3.31. The van der Waals surface area contributed by atoms with E-state index in [0.29, 0.717) is 0 Å². The molecule has 0 radical (unpaired) electrons. The highest BCUT2D eigenvalue weighted by atomic mass is 16.2. The van der Waals surface area contributed by atoms with Crippen molar-refractivity contribution in [2.75, 3.05) is 13.6 Å². The Morgan fingerprint density at radius 3 is 2.36 bits per heavy atom. The Labute approximate surface area is 86.9 Å². The summed E-state index contributed by atoms with van der Waals surface area (Å²) in [5.41, 5.74) is -0.410. The lowest BCUT2D eigenvalue weighted by Gasteiger charge is -2.37. The van der Waals surface area contributed by atoms with E-state index >= 15 is 0 Å². The van der Waals surface area contributed by atoms with E-state index in [1.165, 1.54) is 0 Å². The van der Waals surface area contributed by atoms with Crippen molar-refractivity contribution in [2.45, 2.75) is 51.6 Å². The number of nitrogens with one attached hydrogen (secondary N) is 1. The average molecular weight is 198 g/mol. The minimum absolute atomic E-state index is 0.0329. The molecule has 1 fully saturated rings. The molecule has 1 N–H and O–H groups in total. The molecular formula is C11H22N2O. The van der Waals surface area contributed by atoms with Gasteiger partial charge in [-0.2, -0.15) is 0 Å². The summed E-state index contributed by atoms with van der Waals surface area (Å²) in [5.74, 6) is 0.211. The molecule has 0 aliphatic carbocycles. The Morgan fingerprint density at radius 2 is 2.00 bits per heavy atom. The molecule has 0 atom stereocenters. The van der Waals surface area contributed by atoms with Gasteiger partial charge in [0.05, 0.1) is 5.54 Å². The maximum Gasteiger partial charge on any atom is 0.242 e. The van der Waals surface area contributed by atoms with Gasteiger partial charge in [-0.3, -0.25) is 4.79 Å². The van der Waals surface area contributed by atoms with Gasteiger partial charge in [0.1, 0.15) is 0 Å². The molecule has 0 saturated carbocycles. The molecule has 82 valence electrons. The highest BCUT2D eigenvalue weighted by molar-refractivity contribution is 5.86. The normalized spacial score (nSPS) is 21.4. The predicted octanol–water partition coefficient (Wildman–Crippen LogP) is 1.39. The number of carbonyl (C=O) groups excluding carboxylic acids is 1. The molecule has 1 aliphatic heterocycles. The number of hydrogen-bond acceptors (Lipinski definition) is 2. The molecule has 1 saturated heterocycles. The average Bonchev–Trinajstić information content (AvgIpc) is 2.44. The van der Waals surface area contributed by atoms with E-state index in [2.05, 4.69) is 19.2 Å². The largest absolute Gasteiger partial charge is 0.336 e. The van der Waals surface area contributed by atoms with Crippen LogP contribution in [0.4, 0.5) is 0 Å². The lowest BCUT2D eigenvalue weighted by atomic mass is 9.98. The highest BCUT2D eigenvalue weighted by Gasteiger charge is 2.40. The summed E-state index contributed by atoms with van der Waals surface area (Å²) >= 11 is 0. The number of likely N-dealkylation sites (tertiary alicyclic amines) is 1. The lowest BCUT2D eigenvalue weighted by Crippen LogP contribution is -2.56. The highest BCUT2D eigenvalue weighted by Crippen LogP contribution is 2.30. The van der Waals surface area contributed by atoms with E-state index in [1.807, 2.05) is 25.8 Å². The van der Waals surface area contributed by atoms with Crippen LogP contribution in [0.2, 0.25) is 0 Å². The summed E-state index contributed by atoms with van der Waals surface area (Å²) in [6, 6.07) is 0. The Balaban J connectivity index is 2.80. The first-order valence-electron chi connectivity index (χ1n) is 5.32. The Morgan fingerprint density at radius 1 is 1.43 bits per heavy atom. The van der Waals surface area contributed by atoms with Gasteiger partial charge >= 0.3 is 0 Å². The van der Waals surface area contributed by atoms with Gasteiger partial charge in [-0.05, 0) is 47.6 Å². The SMILES string of the molecule is CNC(C)(C)C(=O)N1CCCC1(C)C. The maximum absolute atomic E-state index is 12.2. The second-order valence-electron chi connectivity index (χ2n) is 5.25. The molecule has 0 aromatic carbocycles. The van der Waals surface area contributed by atoms with Gasteiger partial charge in [0.2, 0.25) is 5.91 Å². The topological polar surface area (TPSA) is 32.3 Å². The summed E-state index contributed by atoms with van der Waals surface area (Å²) in [6.45, 7) is 9.05. The van der Waals surface area contributed by atoms with E-state index in [4.69, 9.17) is 0 Å². The van der Waals surface area contributed by atoms with E-state index < -0.39 is 5.54 Å². The van der Waals surface area contributed by atoms with Gasteiger partial charge in [-0.15, -0.1) is 0 Å². The summed E-state index contributed by atoms with van der Waals surface area (Å²) < 4.78 is 0. The van der Waals surface area contributed by atoms with Crippen molar-refractivity contribution >= 4 is 5.91 Å². The van der Waals surface area contributed by atoms with Crippen LogP contribution in [0.25, 0.3) is 0 Å². The van der Waals surface area contributed by atoms with Crippen molar-refractivity contribution in [3.63, 3.8) is 0 Å². The smallest absolute Gasteiger partial charge is 0.242 e. The van der Waals surface area contributed by atoms with Gasteiger partial charge in [0.25, 0.3) is 0 Å². The molecule has 0 spiro atoms. The Bertz CT molecular complexity index is 233. The molecule has 1 rings (SSSR count). The molecule has 0 bridgehead atoms. The van der Waals surface area contributed by atoms with Gasteiger partial charge in [-0.1, -0.05) is 0 Å². The van der Waals surface area contributed by atoms with E-state index in [1.54, 1.807) is 0 Å². The molecule has 1 heterocycles. The van der Waals surface area contributed by atoms with Crippen molar-refractivity contribution in [3.8, 4) is 0 Å². The Kier molecular flexibility index (Phi) is 2.91. The van der Waals surface area contributed by atoms with Crippen LogP contribution in [0, 0.1) is 0 Å². The first kappa shape index (κ1) is 11.5. The zero-order valence-electron chi connectivity index (χ0n) is 9.98. The third kappa shape index (κ3) is 1.92. The quantitative estimate of drug-likeness (QED) is 0.727. The number of amides is 1. The van der Waals surface area contributed by atoms with Crippen LogP contribution in [0.3, 0.4) is 0 Å². The number of hydrogen-bond donors (Lipinski definition) is 1. The van der Waals surface area contributed by atoms with Gasteiger partial charge in [0, 0.05) is 12.1 Å². The summed E-state index contributed by atoms with van der Waals surface area (Å²) in [4.78, 5) is 14.2. The number of carbonyl (C=O) groups is 1. The first-order chi connectivity index (χ1) is 6.31. The van der Waals surface area contributed by atoms with Crippen LogP contribution in [-0.2, 0) is 4.79 Å². The van der Waals surface area contributed by atoms with Crippen molar-refractivity contribution in [1.29, 1.82) is 0 Å². The minimum Gasteiger partial charge on any atom is -0.336 e. The van der Waals surface area contributed by atoms with Crippen molar-refractivity contribution in [2.24, 2.45) is 0 Å².